The molecule has 0 radical (unpaired) electrons. The van der Waals surface area contributed by atoms with E-state index in [-0.39, 0.29) is 16.7 Å². The van der Waals surface area contributed by atoms with E-state index in [2.05, 4.69) is 50.1 Å². The third-order valence-corrected chi connectivity index (χ3v) is 10.8. The Kier molecular flexibility index (Phi) is 8.45. The third kappa shape index (κ3) is 5.74. The maximum atomic E-state index is 12.7. The molecule has 2 fully saturated rings. The molecule has 0 saturated heterocycles. The molecule has 0 aliphatic heterocycles. The van der Waals surface area contributed by atoms with Crippen LogP contribution >= 0.6 is 11.3 Å². The summed E-state index contributed by atoms with van der Waals surface area (Å²) in [5, 5.41) is 14.5. The molecule has 5 rings (SSSR count). The quantitative estimate of drug-likeness (QED) is 0.326. The molecule has 0 spiro atoms. The molecule has 1 heterocycles. The number of aromatic hydroxyl groups is 1. The van der Waals surface area contributed by atoms with Gasteiger partial charge in [-0.15, -0.1) is 11.3 Å². The van der Waals surface area contributed by atoms with E-state index in [0.717, 1.165) is 55.5 Å². The summed E-state index contributed by atoms with van der Waals surface area (Å²) in [5.41, 5.74) is 5.28. The van der Waals surface area contributed by atoms with Crippen molar-refractivity contribution in [2.75, 3.05) is 25.6 Å². The minimum absolute atomic E-state index is 0.0618. The Balaban J connectivity index is 1.37. The first-order valence-corrected chi connectivity index (χ1v) is 15.9. The number of carbonyl (C=O) groups is 1. The van der Waals surface area contributed by atoms with E-state index in [1.807, 2.05) is 6.92 Å². The van der Waals surface area contributed by atoms with Crippen molar-refractivity contribution in [3.8, 4) is 5.75 Å². The van der Waals surface area contributed by atoms with E-state index in [0.29, 0.717) is 47.6 Å². The van der Waals surface area contributed by atoms with Gasteiger partial charge in [-0.1, -0.05) is 33.8 Å². The van der Waals surface area contributed by atoms with E-state index in [9.17, 15) is 9.90 Å². The summed E-state index contributed by atoms with van der Waals surface area (Å²) in [5.74, 6) is 2.75. The molecule has 2 aromatic rings. The Morgan fingerprint density at radius 1 is 1.30 bits per heavy atom. The summed E-state index contributed by atoms with van der Waals surface area (Å²) < 4.78 is 5.34. The number of aliphatic imine (C=N–C) groups is 1. The van der Waals surface area contributed by atoms with Gasteiger partial charge in [0.15, 0.2) is 5.13 Å². The Labute approximate surface area is 244 Å². The number of fused-ring (bicyclic) bond motifs is 5. The molecule has 6 nitrogen and oxygen atoms in total. The molecule has 3 aliphatic carbocycles. The number of aromatic nitrogens is 1. The minimum Gasteiger partial charge on any atom is -0.508 e. The highest BCUT2D eigenvalue weighted by atomic mass is 32.1. The van der Waals surface area contributed by atoms with Crippen LogP contribution in [0.15, 0.2) is 23.3 Å². The van der Waals surface area contributed by atoms with Crippen LogP contribution in [-0.2, 0) is 21.4 Å². The fraction of sp³-hybridized carbons (Fsp3) is 0.667. The summed E-state index contributed by atoms with van der Waals surface area (Å²) in [6, 6.07) is 4.40. The highest BCUT2D eigenvalue weighted by Gasteiger charge is 2.57. The van der Waals surface area contributed by atoms with Crippen LogP contribution < -0.4 is 5.32 Å². The number of aryl methyl sites for hydroxylation is 2. The molecular weight excluding hydrogens is 518 g/mol. The van der Waals surface area contributed by atoms with Gasteiger partial charge in [-0.3, -0.25) is 9.79 Å². The number of phenolic OH excluding ortho intramolecular Hbond substituents is 1. The zero-order chi connectivity index (χ0) is 28.7. The molecule has 40 heavy (non-hydrogen) atoms. The van der Waals surface area contributed by atoms with E-state index < -0.39 is 0 Å². The molecule has 3 aliphatic rings. The van der Waals surface area contributed by atoms with Crippen LogP contribution in [0.25, 0.3) is 0 Å². The first-order chi connectivity index (χ1) is 19.0. The number of ether oxygens (including phenoxy) is 1. The molecule has 3 unspecified atom stereocenters. The Bertz CT molecular complexity index is 1260. The lowest BCUT2D eigenvalue weighted by Crippen LogP contribution is -2.44. The minimum atomic E-state index is -0.0930. The fourth-order valence-corrected chi connectivity index (χ4v) is 8.87. The number of methoxy groups -OCH3 is 1. The van der Waals surface area contributed by atoms with Gasteiger partial charge in [0.25, 0.3) is 0 Å². The van der Waals surface area contributed by atoms with Crippen molar-refractivity contribution in [2.24, 2.45) is 28.2 Å². The first-order valence-electron chi connectivity index (χ1n) is 15.1. The van der Waals surface area contributed by atoms with Gasteiger partial charge in [0.2, 0.25) is 5.91 Å². The molecule has 218 valence electrons. The Hall–Kier alpha value is -2.25. The summed E-state index contributed by atoms with van der Waals surface area (Å²) in [4.78, 5) is 23.2. The number of amides is 1. The maximum absolute atomic E-state index is 12.7. The van der Waals surface area contributed by atoms with Crippen LogP contribution in [0.5, 0.6) is 5.75 Å². The Morgan fingerprint density at radius 2 is 2.10 bits per heavy atom. The predicted octanol–water partition coefficient (Wildman–Crippen LogP) is 7.43. The van der Waals surface area contributed by atoms with Gasteiger partial charge in [0.1, 0.15) is 5.75 Å². The maximum Gasteiger partial charge on any atom is 0.226 e. The number of nitrogens with zero attached hydrogens (tertiary/aromatic N) is 2. The van der Waals surface area contributed by atoms with Crippen molar-refractivity contribution in [1.82, 2.24) is 4.98 Å². The first kappa shape index (κ1) is 29.2. The predicted molar refractivity (Wildman–Crippen MR) is 164 cm³/mol. The Morgan fingerprint density at radius 3 is 2.80 bits per heavy atom. The topological polar surface area (TPSA) is 83.8 Å². The molecule has 5 atom stereocenters. The number of rotatable bonds is 8. The number of hydrogen-bond donors (Lipinski definition) is 2. The van der Waals surface area contributed by atoms with Crippen molar-refractivity contribution in [3.05, 3.63) is 39.9 Å². The third-order valence-electron chi connectivity index (χ3n) is 9.97. The standard InChI is InChI=1S/C33H47N3O3S/c1-20-19-35-31(40-20)36-29(38)9-7-8-22-17-28(34-14-15-39-6)33(5)13-12-23-24(30(22)33)11-10-21-16-27(37)26(18-25(21)23)32(2,3)4/h16,18-19,22-24,30,37H,7-15,17H2,1-6H3,(H,35,36,38)/b34-28+/t22-,23?,24?,30?,33-/m1/s1. The normalized spacial score (nSPS) is 28.7. The van der Waals surface area contributed by atoms with Gasteiger partial charge in [-0.05, 0) is 104 Å². The molecule has 2 N–H and O–H groups in total. The summed E-state index contributed by atoms with van der Waals surface area (Å²) in [6.45, 7) is 12.4. The highest BCUT2D eigenvalue weighted by molar-refractivity contribution is 7.15. The lowest BCUT2D eigenvalue weighted by Gasteiger charge is -2.51. The smallest absolute Gasteiger partial charge is 0.226 e. The molecule has 2 saturated carbocycles. The number of hydrogen-bond acceptors (Lipinski definition) is 6. The van der Waals surface area contributed by atoms with Gasteiger partial charge in [0, 0.05) is 35.7 Å². The van der Waals surface area contributed by atoms with Crippen molar-refractivity contribution >= 4 is 28.1 Å². The second-order valence-corrected chi connectivity index (χ2v) is 14.8. The van der Waals surface area contributed by atoms with Crippen LogP contribution in [0.3, 0.4) is 0 Å². The zero-order valence-electron chi connectivity index (χ0n) is 25.2. The van der Waals surface area contributed by atoms with Crippen molar-refractivity contribution in [3.63, 3.8) is 0 Å². The number of thiazole rings is 1. The van der Waals surface area contributed by atoms with Crippen LogP contribution in [0.4, 0.5) is 5.13 Å². The van der Waals surface area contributed by atoms with Gasteiger partial charge in [0.05, 0.1) is 13.2 Å². The van der Waals surface area contributed by atoms with Crippen LogP contribution in [-0.4, -0.2) is 42.0 Å². The molecule has 0 bridgehead atoms. The van der Waals surface area contributed by atoms with Crippen molar-refractivity contribution in [1.29, 1.82) is 0 Å². The number of anilines is 1. The highest BCUT2D eigenvalue weighted by Crippen LogP contribution is 2.63. The lowest BCUT2D eigenvalue weighted by molar-refractivity contribution is -0.116. The van der Waals surface area contributed by atoms with E-state index in [4.69, 9.17) is 9.73 Å². The average molecular weight is 566 g/mol. The van der Waals surface area contributed by atoms with Gasteiger partial charge < -0.3 is 15.2 Å². The molecule has 7 heteroatoms. The lowest BCUT2D eigenvalue weighted by atomic mass is 9.53. The summed E-state index contributed by atoms with van der Waals surface area (Å²) in [6.07, 6.45) is 9.81. The number of carbonyl (C=O) groups excluding carboxylic acids is 1. The van der Waals surface area contributed by atoms with Gasteiger partial charge >= 0.3 is 0 Å². The van der Waals surface area contributed by atoms with E-state index in [1.54, 1.807) is 13.3 Å². The number of nitrogens with one attached hydrogen (secondary N) is 1. The van der Waals surface area contributed by atoms with Gasteiger partial charge in [-0.25, -0.2) is 4.98 Å². The largest absolute Gasteiger partial charge is 0.508 e. The number of phenols is 1. The van der Waals surface area contributed by atoms with Crippen molar-refractivity contribution < 1.29 is 14.6 Å². The van der Waals surface area contributed by atoms with Crippen LogP contribution in [0.2, 0.25) is 0 Å². The van der Waals surface area contributed by atoms with E-state index >= 15 is 0 Å². The van der Waals surface area contributed by atoms with E-state index in [1.165, 1.54) is 34.6 Å². The SMILES string of the molecule is COCC/N=C1\C[C@@H](CCCC(=O)Nc2ncc(C)s2)C2C3CCc4cc(O)c(C(C)(C)C)cc4C3CC[C@]12C. The number of benzene rings is 1. The monoisotopic (exact) mass is 565 g/mol. The average Bonchev–Trinajstić information content (AvgIpc) is 3.42. The summed E-state index contributed by atoms with van der Waals surface area (Å²) in [7, 11) is 1.74. The second kappa shape index (κ2) is 11.6. The van der Waals surface area contributed by atoms with Crippen LogP contribution in [0.1, 0.15) is 100 Å². The van der Waals surface area contributed by atoms with Crippen molar-refractivity contribution in [2.45, 2.75) is 97.3 Å². The second-order valence-electron chi connectivity index (χ2n) is 13.6. The fourth-order valence-electron chi connectivity index (χ4n) is 8.19. The summed E-state index contributed by atoms with van der Waals surface area (Å²) >= 11 is 1.52. The van der Waals surface area contributed by atoms with Gasteiger partial charge in [-0.2, -0.15) is 0 Å². The molecule has 1 aromatic heterocycles. The molecule has 1 amide bonds. The molecule has 1 aromatic carbocycles. The molecular formula is C33H47N3O3S. The van der Waals surface area contributed by atoms with Crippen LogP contribution in [0, 0.1) is 30.1 Å². The zero-order valence-corrected chi connectivity index (χ0v) is 26.0.